The zero-order valence-electron chi connectivity index (χ0n) is 9.30. The molecule has 1 aromatic carbocycles. The normalized spacial score (nSPS) is 11.8. The number of carboxylic acid groups (broad SMARTS) is 1. The quantitative estimate of drug-likeness (QED) is 0.658. The average Bonchev–Trinajstić information content (AvgIpc) is 2.29. The fourth-order valence-corrected chi connectivity index (χ4v) is 1.34. The number of hydrogen-bond donors (Lipinski definition) is 3. The first-order chi connectivity index (χ1) is 8.09. The molecule has 5 heteroatoms. The minimum absolute atomic E-state index is 0.0278. The summed E-state index contributed by atoms with van der Waals surface area (Å²) in [5.41, 5.74) is 0.855. The molecule has 0 fully saturated rings. The molecule has 0 spiro atoms. The van der Waals surface area contributed by atoms with Crippen LogP contribution in [-0.2, 0) is 16.0 Å². The van der Waals surface area contributed by atoms with Gasteiger partial charge in [0.25, 0.3) is 0 Å². The van der Waals surface area contributed by atoms with E-state index in [9.17, 15) is 14.7 Å². The van der Waals surface area contributed by atoms with Crippen molar-refractivity contribution in [1.29, 1.82) is 0 Å². The van der Waals surface area contributed by atoms with Crippen LogP contribution in [0.2, 0.25) is 0 Å². The second-order valence-corrected chi connectivity index (χ2v) is 3.64. The molecule has 1 amide bonds. The number of aliphatic hydroxyl groups is 1. The molecule has 0 unspecified atom stereocenters. The van der Waals surface area contributed by atoms with Crippen LogP contribution in [0.5, 0.6) is 0 Å². The van der Waals surface area contributed by atoms with Gasteiger partial charge in [-0.15, -0.1) is 0 Å². The molecule has 17 heavy (non-hydrogen) atoms. The Labute approximate surface area is 99.1 Å². The van der Waals surface area contributed by atoms with Gasteiger partial charge >= 0.3 is 5.97 Å². The van der Waals surface area contributed by atoms with Crippen LogP contribution in [0.25, 0.3) is 0 Å². The third-order valence-electron chi connectivity index (χ3n) is 2.21. The highest BCUT2D eigenvalue weighted by Crippen LogP contribution is 2.02. The van der Waals surface area contributed by atoms with Crippen molar-refractivity contribution in [2.45, 2.75) is 18.9 Å². The van der Waals surface area contributed by atoms with Crippen LogP contribution in [0.1, 0.15) is 12.0 Å². The summed E-state index contributed by atoms with van der Waals surface area (Å²) in [5, 5.41) is 20.3. The predicted octanol–water partition coefficient (Wildman–Crippen LogP) is 0.181. The number of carbonyl (C=O) groups is 2. The van der Waals surface area contributed by atoms with Crippen molar-refractivity contribution in [3.8, 4) is 0 Å². The van der Waals surface area contributed by atoms with Crippen LogP contribution >= 0.6 is 0 Å². The van der Waals surface area contributed by atoms with Crippen LogP contribution in [0, 0.1) is 0 Å². The molecule has 0 bridgehead atoms. The van der Waals surface area contributed by atoms with Crippen LogP contribution in [-0.4, -0.2) is 34.7 Å². The number of carboxylic acids is 1. The van der Waals surface area contributed by atoms with E-state index in [0.29, 0.717) is 0 Å². The Bertz CT molecular complexity index is 377. The fourth-order valence-electron chi connectivity index (χ4n) is 1.34. The van der Waals surface area contributed by atoms with Crippen LogP contribution < -0.4 is 5.32 Å². The largest absolute Gasteiger partial charge is 0.481 e. The highest BCUT2D eigenvalue weighted by molar-refractivity contribution is 5.81. The molecule has 1 rings (SSSR count). The Hall–Kier alpha value is -1.88. The van der Waals surface area contributed by atoms with E-state index in [1.807, 2.05) is 30.3 Å². The number of aliphatic hydroxyl groups excluding tert-OH is 1. The van der Waals surface area contributed by atoms with Gasteiger partial charge in [0.2, 0.25) is 5.91 Å². The van der Waals surface area contributed by atoms with Crippen LogP contribution in [0.4, 0.5) is 0 Å². The molecular formula is C12H15NO4. The number of benzene rings is 1. The second kappa shape index (κ2) is 6.65. The number of nitrogens with one attached hydrogen (secondary N) is 1. The van der Waals surface area contributed by atoms with Gasteiger partial charge in [0.05, 0.1) is 6.42 Å². The number of amides is 1. The van der Waals surface area contributed by atoms with E-state index < -0.39 is 18.0 Å². The molecule has 92 valence electrons. The number of rotatable bonds is 6. The molecule has 0 aliphatic carbocycles. The Balaban J connectivity index is 2.34. The van der Waals surface area contributed by atoms with Gasteiger partial charge in [-0.2, -0.15) is 0 Å². The lowest BCUT2D eigenvalue weighted by Gasteiger charge is -2.10. The molecular weight excluding hydrogens is 222 g/mol. The zero-order valence-corrected chi connectivity index (χ0v) is 9.30. The van der Waals surface area contributed by atoms with Crippen molar-refractivity contribution in [3.05, 3.63) is 35.9 Å². The number of carbonyl (C=O) groups excluding carboxylic acids is 1. The van der Waals surface area contributed by atoms with Gasteiger partial charge in [-0.3, -0.25) is 9.59 Å². The summed E-state index contributed by atoms with van der Waals surface area (Å²) in [6.45, 7) is 0.0278. The van der Waals surface area contributed by atoms with Gasteiger partial charge in [-0.25, -0.2) is 0 Å². The molecule has 0 radical (unpaired) electrons. The lowest BCUT2D eigenvalue weighted by molar-refractivity contribution is -0.137. The minimum atomic E-state index is -1.15. The number of aliphatic carboxylic acids is 1. The van der Waals surface area contributed by atoms with E-state index in [1.165, 1.54) is 0 Å². The van der Waals surface area contributed by atoms with Gasteiger partial charge in [-0.05, 0) is 5.56 Å². The van der Waals surface area contributed by atoms with Crippen molar-refractivity contribution < 1.29 is 19.8 Å². The predicted molar refractivity (Wildman–Crippen MR) is 61.4 cm³/mol. The van der Waals surface area contributed by atoms with Crippen molar-refractivity contribution in [2.75, 3.05) is 6.54 Å². The maximum atomic E-state index is 11.4. The molecule has 1 atom stereocenters. The molecule has 0 aliphatic rings. The summed E-state index contributed by atoms with van der Waals surface area (Å²) in [6.07, 6.45) is -1.07. The first-order valence-corrected chi connectivity index (χ1v) is 5.31. The van der Waals surface area contributed by atoms with E-state index in [0.717, 1.165) is 5.56 Å². The molecule has 3 N–H and O–H groups in total. The highest BCUT2D eigenvalue weighted by Gasteiger charge is 2.15. The van der Waals surface area contributed by atoms with Crippen LogP contribution in [0.3, 0.4) is 0 Å². The Kier molecular flexibility index (Phi) is 5.16. The van der Waals surface area contributed by atoms with E-state index in [4.69, 9.17) is 5.11 Å². The maximum Gasteiger partial charge on any atom is 0.305 e. The summed E-state index contributed by atoms with van der Waals surface area (Å²) >= 11 is 0. The molecule has 0 saturated carbocycles. The third kappa shape index (κ3) is 5.12. The summed E-state index contributed by atoms with van der Waals surface area (Å²) in [6, 6.07) is 9.12. The Morgan fingerprint density at radius 3 is 2.47 bits per heavy atom. The SMILES string of the molecule is O=C(O)CCNC(=O)[C@@H](O)Cc1ccccc1. The lowest BCUT2D eigenvalue weighted by Crippen LogP contribution is -2.36. The summed E-state index contributed by atoms with van der Waals surface area (Å²) in [5.74, 6) is -1.53. The summed E-state index contributed by atoms with van der Waals surface area (Å²) in [4.78, 5) is 21.6. The molecule has 0 saturated heterocycles. The van der Waals surface area contributed by atoms with Crippen LogP contribution in [0.15, 0.2) is 30.3 Å². The Morgan fingerprint density at radius 2 is 1.88 bits per heavy atom. The van der Waals surface area contributed by atoms with Gasteiger partial charge in [0.15, 0.2) is 0 Å². The van der Waals surface area contributed by atoms with Gasteiger partial charge in [-0.1, -0.05) is 30.3 Å². The maximum absolute atomic E-state index is 11.4. The van der Waals surface area contributed by atoms with E-state index in [2.05, 4.69) is 5.32 Å². The first kappa shape index (κ1) is 13.2. The van der Waals surface area contributed by atoms with Gasteiger partial charge < -0.3 is 15.5 Å². The highest BCUT2D eigenvalue weighted by atomic mass is 16.4. The number of hydrogen-bond acceptors (Lipinski definition) is 3. The van der Waals surface area contributed by atoms with E-state index in [1.54, 1.807) is 0 Å². The monoisotopic (exact) mass is 237 g/mol. The van der Waals surface area contributed by atoms with Crippen molar-refractivity contribution >= 4 is 11.9 Å². The van der Waals surface area contributed by atoms with Crippen molar-refractivity contribution in [1.82, 2.24) is 5.32 Å². The zero-order chi connectivity index (χ0) is 12.7. The molecule has 0 aliphatic heterocycles. The lowest BCUT2D eigenvalue weighted by atomic mass is 10.1. The second-order valence-electron chi connectivity index (χ2n) is 3.64. The standard InChI is InChI=1S/C12H15NO4/c14-10(8-9-4-2-1-3-5-9)12(17)13-7-6-11(15)16/h1-5,10,14H,6-8H2,(H,13,17)(H,15,16)/t10-/m0/s1. The van der Waals surface area contributed by atoms with Crippen molar-refractivity contribution in [2.24, 2.45) is 0 Å². The third-order valence-corrected chi connectivity index (χ3v) is 2.21. The smallest absolute Gasteiger partial charge is 0.305 e. The average molecular weight is 237 g/mol. The topological polar surface area (TPSA) is 86.6 Å². The molecule has 0 aromatic heterocycles. The molecule has 5 nitrogen and oxygen atoms in total. The first-order valence-electron chi connectivity index (χ1n) is 5.31. The van der Waals surface area contributed by atoms with Crippen molar-refractivity contribution in [3.63, 3.8) is 0 Å². The van der Waals surface area contributed by atoms with Gasteiger partial charge in [0.1, 0.15) is 6.10 Å². The summed E-state index contributed by atoms with van der Waals surface area (Å²) in [7, 11) is 0. The molecule has 1 aromatic rings. The fraction of sp³-hybridized carbons (Fsp3) is 0.333. The van der Waals surface area contributed by atoms with E-state index in [-0.39, 0.29) is 19.4 Å². The van der Waals surface area contributed by atoms with E-state index >= 15 is 0 Å². The summed E-state index contributed by atoms with van der Waals surface area (Å²) < 4.78 is 0. The Morgan fingerprint density at radius 1 is 1.24 bits per heavy atom. The minimum Gasteiger partial charge on any atom is -0.481 e. The molecule has 0 heterocycles. The van der Waals surface area contributed by atoms with Gasteiger partial charge in [0, 0.05) is 13.0 Å².